The van der Waals surface area contributed by atoms with E-state index < -0.39 is 0 Å². The van der Waals surface area contributed by atoms with Crippen LogP contribution in [0.25, 0.3) is 143 Å². The number of rotatable bonds is 9. The second kappa shape index (κ2) is 24.8. The Labute approximate surface area is 631 Å². The molecular formula is C102H95N5. The molecule has 5 nitrogen and oxygen atoms in total. The summed E-state index contributed by atoms with van der Waals surface area (Å²) >= 11 is 0. The fraction of sp³-hybridized carbons (Fsp3) is 0.284. The highest BCUT2D eigenvalue weighted by Gasteiger charge is 2.41. The maximum absolute atomic E-state index is 5.86. The van der Waals surface area contributed by atoms with Crippen molar-refractivity contribution in [3.05, 3.63) is 258 Å². The predicted molar refractivity (Wildman–Crippen MR) is 456 cm³/mol. The van der Waals surface area contributed by atoms with Crippen molar-refractivity contribution in [3.8, 4) is 89.1 Å². The molecule has 528 valence electrons. The third kappa shape index (κ3) is 10.0. The van der Waals surface area contributed by atoms with Crippen molar-refractivity contribution < 1.29 is 0 Å². The highest BCUT2D eigenvalue weighted by molar-refractivity contribution is 6.26. The van der Waals surface area contributed by atoms with E-state index in [-0.39, 0.29) is 16.2 Å². The average Bonchev–Trinajstić information content (AvgIpc) is 1.70. The number of aromatic nitrogens is 1. The molecule has 4 saturated heterocycles. The molecule has 5 heteroatoms. The summed E-state index contributed by atoms with van der Waals surface area (Å²) in [6, 6.07) is 87.2. The van der Waals surface area contributed by atoms with Crippen LogP contribution in [0, 0.1) is 0 Å². The van der Waals surface area contributed by atoms with Gasteiger partial charge in [0.1, 0.15) is 0 Å². The van der Waals surface area contributed by atoms with Crippen LogP contribution in [0.5, 0.6) is 0 Å². The van der Waals surface area contributed by atoms with E-state index in [1.807, 2.05) is 0 Å². The minimum absolute atomic E-state index is 0.121. The SMILES string of the molecule is CC1(C)c2ccc(-c3cnc(-c4c5ccc(N6CCCCC6)cc5c(-c5ccc6c(c5)C(C)(C)c5ccccc5-6)c5ccc(N6CCCCC6)cc45)c4ccccc34)cc2-c2ccc(-c3c4cc(N5CCCCC5)ccc4c(-c4cccc5c4-c4ccccc4C5(C)C)c4cc(N5CCCCC5)ccc34)cc21. The van der Waals surface area contributed by atoms with Crippen molar-refractivity contribution in [1.82, 2.24) is 4.98 Å². The van der Waals surface area contributed by atoms with Gasteiger partial charge in [-0.1, -0.05) is 193 Å². The van der Waals surface area contributed by atoms with E-state index in [1.54, 1.807) is 0 Å². The molecular weight excluding hydrogens is 1300 g/mol. The van der Waals surface area contributed by atoms with E-state index in [9.17, 15) is 0 Å². The highest BCUT2D eigenvalue weighted by atomic mass is 15.1. The number of piperidine rings is 4. The molecule has 0 bridgehead atoms. The third-order valence-electron chi connectivity index (χ3n) is 27.1. The zero-order valence-electron chi connectivity index (χ0n) is 63.2. The summed E-state index contributed by atoms with van der Waals surface area (Å²) in [5.41, 5.74) is 33.8. The third-order valence-corrected chi connectivity index (χ3v) is 27.1. The first-order valence-electron chi connectivity index (χ1n) is 40.6. The maximum Gasteiger partial charge on any atom is 0.0793 e. The van der Waals surface area contributed by atoms with Gasteiger partial charge < -0.3 is 19.6 Å². The second-order valence-electron chi connectivity index (χ2n) is 34.2. The van der Waals surface area contributed by atoms with Crippen LogP contribution < -0.4 is 19.6 Å². The second-order valence-corrected chi connectivity index (χ2v) is 34.2. The Morgan fingerprint density at radius 1 is 0.224 bits per heavy atom. The van der Waals surface area contributed by atoms with Gasteiger partial charge in [0.15, 0.2) is 0 Å². The van der Waals surface area contributed by atoms with Gasteiger partial charge in [-0.2, -0.15) is 0 Å². The van der Waals surface area contributed by atoms with Crippen molar-refractivity contribution in [2.75, 3.05) is 72.0 Å². The molecule has 7 aliphatic rings. The Balaban J connectivity index is 0.734. The molecule has 107 heavy (non-hydrogen) atoms. The van der Waals surface area contributed by atoms with Crippen LogP contribution in [-0.4, -0.2) is 57.3 Å². The zero-order chi connectivity index (χ0) is 71.6. The molecule has 4 aliphatic heterocycles. The lowest BCUT2D eigenvalue weighted by Gasteiger charge is -2.31. The van der Waals surface area contributed by atoms with Gasteiger partial charge in [-0.25, -0.2) is 0 Å². The molecule has 0 N–H and O–H groups in total. The number of benzene rings is 13. The standard InChI is InChI=1S/C102H95N5/c1-100(2)89-32-16-14-29-80(89)97-81(30-25-33-91(97)100)96-77-45-39-67(104-48-17-7-18-49-104)59-83(77)94(75-43-37-69(61-85(75)96)106-52-21-9-22-53-106)66-35-42-74-82-56-64(36-47-90(82)102(5,6)93(74)58-66)87-63-103-99(79-28-12-11-26-71(79)87)98-78-46-40-68(105-50-19-8-20-51-105)60-84(78)95(76-44-38-70(62-86(76)98)107-54-23-10-24-55-107)65-34-41-73-72-27-13-15-31-88(72)101(3,4)92(73)57-65/h11-16,25-47,56-63H,7-10,17-24,48-55H2,1-6H3. The molecule has 0 amide bonds. The minimum Gasteiger partial charge on any atom is -0.372 e. The van der Waals surface area contributed by atoms with E-state index in [0.29, 0.717) is 0 Å². The van der Waals surface area contributed by atoms with Crippen LogP contribution in [0.1, 0.15) is 152 Å². The lowest BCUT2D eigenvalue weighted by Crippen LogP contribution is -2.29. The topological polar surface area (TPSA) is 25.9 Å². The Morgan fingerprint density at radius 2 is 0.598 bits per heavy atom. The van der Waals surface area contributed by atoms with Crippen LogP contribution in [0.2, 0.25) is 0 Å². The molecule has 0 spiro atoms. The van der Waals surface area contributed by atoms with Crippen molar-refractivity contribution >= 4 is 76.6 Å². The molecule has 0 atom stereocenters. The van der Waals surface area contributed by atoms with E-state index in [1.165, 1.54) is 265 Å². The molecule has 4 fully saturated rings. The van der Waals surface area contributed by atoms with Crippen LogP contribution in [0.4, 0.5) is 22.7 Å². The van der Waals surface area contributed by atoms with Crippen LogP contribution >= 0.6 is 0 Å². The average molecular weight is 1390 g/mol. The van der Waals surface area contributed by atoms with Crippen LogP contribution in [0.3, 0.4) is 0 Å². The largest absolute Gasteiger partial charge is 0.372 e. The van der Waals surface area contributed by atoms with Gasteiger partial charge in [0.05, 0.1) is 5.69 Å². The first-order chi connectivity index (χ1) is 52.3. The van der Waals surface area contributed by atoms with Gasteiger partial charge in [-0.15, -0.1) is 0 Å². The molecule has 0 radical (unpaired) electrons. The predicted octanol–water partition coefficient (Wildman–Crippen LogP) is 26.1. The van der Waals surface area contributed by atoms with Crippen LogP contribution in [-0.2, 0) is 16.2 Å². The Bertz CT molecular complexity index is 6040. The first kappa shape index (κ1) is 64.9. The van der Waals surface area contributed by atoms with Gasteiger partial charge in [0.2, 0.25) is 0 Å². The Kier molecular flexibility index (Phi) is 15.0. The van der Waals surface area contributed by atoms with Crippen molar-refractivity contribution in [2.24, 2.45) is 0 Å². The van der Waals surface area contributed by atoms with Gasteiger partial charge in [-0.05, 0) is 298 Å². The first-order valence-corrected chi connectivity index (χ1v) is 40.6. The van der Waals surface area contributed by atoms with Gasteiger partial charge in [0.25, 0.3) is 0 Å². The summed E-state index contributed by atoms with van der Waals surface area (Å²) in [6.45, 7) is 23.3. The number of fused-ring (bicyclic) bond motifs is 14. The summed E-state index contributed by atoms with van der Waals surface area (Å²) < 4.78 is 0. The monoisotopic (exact) mass is 1390 g/mol. The molecule has 0 saturated carbocycles. The van der Waals surface area contributed by atoms with Gasteiger partial charge in [-0.3, -0.25) is 4.98 Å². The summed E-state index contributed by atoms with van der Waals surface area (Å²) in [5.74, 6) is 0. The number of hydrogen-bond donors (Lipinski definition) is 0. The minimum atomic E-state index is -0.268. The van der Waals surface area contributed by atoms with Gasteiger partial charge in [0, 0.05) is 114 Å². The quantitative estimate of drug-likeness (QED) is 0.134. The lowest BCUT2D eigenvalue weighted by molar-refractivity contribution is 0.578. The molecule has 21 rings (SSSR count). The smallest absolute Gasteiger partial charge is 0.0793 e. The Morgan fingerprint density at radius 3 is 1.12 bits per heavy atom. The normalized spacial score (nSPS) is 17.6. The molecule has 5 heterocycles. The molecule has 0 unspecified atom stereocenters. The van der Waals surface area contributed by atoms with Crippen molar-refractivity contribution in [3.63, 3.8) is 0 Å². The van der Waals surface area contributed by atoms with Crippen molar-refractivity contribution in [2.45, 2.75) is 135 Å². The molecule has 3 aliphatic carbocycles. The fourth-order valence-corrected chi connectivity index (χ4v) is 21.5. The summed E-state index contributed by atoms with van der Waals surface area (Å²) in [4.78, 5) is 16.5. The Hall–Kier alpha value is -10.5. The van der Waals surface area contributed by atoms with Crippen molar-refractivity contribution in [1.29, 1.82) is 0 Å². The highest BCUT2D eigenvalue weighted by Crippen LogP contribution is 2.59. The molecule has 13 aromatic carbocycles. The van der Waals surface area contributed by atoms with E-state index >= 15 is 0 Å². The summed E-state index contributed by atoms with van der Waals surface area (Å²) in [7, 11) is 0. The molecule has 14 aromatic rings. The molecule has 1 aromatic heterocycles. The fourth-order valence-electron chi connectivity index (χ4n) is 21.5. The maximum atomic E-state index is 5.86. The van der Waals surface area contributed by atoms with E-state index in [4.69, 9.17) is 4.98 Å². The summed E-state index contributed by atoms with van der Waals surface area (Å²) in [5, 5.41) is 12.8. The van der Waals surface area contributed by atoms with Gasteiger partial charge >= 0.3 is 0 Å². The van der Waals surface area contributed by atoms with Crippen LogP contribution in [0.15, 0.2) is 225 Å². The number of pyridine rings is 1. The van der Waals surface area contributed by atoms with E-state index in [0.717, 1.165) is 63.6 Å². The number of hydrogen-bond acceptors (Lipinski definition) is 5. The number of anilines is 4. The number of nitrogens with zero attached hydrogens (tertiary/aromatic N) is 5. The lowest BCUT2D eigenvalue weighted by atomic mass is 9.79. The van der Waals surface area contributed by atoms with E-state index in [2.05, 4.69) is 286 Å². The zero-order valence-corrected chi connectivity index (χ0v) is 63.2. The summed E-state index contributed by atoms with van der Waals surface area (Å²) in [6.07, 6.45) is 17.2.